The fraction of sp³-hybridized carbons (Fsp3) is 0.333. The normalized spacial score (nSPS) is 10.9. The molecule has 0 atom stereocenters. The quantitative estimate of drug-likeness (QED) is 0.788. The van der Waals surface area contributed by atoms with E-state index in [1.54, 1.807) is 13.8 Å². The summed E-state index contributed by atoms with van der Waals surface area (Å²) in [5.41, 5.74) is 0.690. The van der Waals surface area contributed by atoms with Gasteiger partial charge < -0.3 is 9.30 Å². The predicted octanol–water partition coefficient (Wildman–Crippen LogP) is 2.19. The highest BCUT2D eigenvalue weighted by Crippen LogP contribution is 2.19. The number of esters is 1. The maximum absolute atomic E-state index is 13.2. The molecule has 0 spiro atoms. The highest BCUT2D eigenvalue weighted by molar-refractivity contribution is 5.79. The zero-order valence-electron chi connectivity index (χ0n) is 10.0. The Hall–Kier alpha value is -1.98. The molecule has 2 rings (SSSR count). The molecule has 4 nitrogen and oxygen atoms in total. The van der Waals surface area contributed by atoms with Gasteiger partial charge in [-0.2, -0.15) is 0 Å². The lowest BCUT2D eigenvalue weighted by Gasteiger charge is -2.06. The lowest BCUT2D eigenvalue weighted by atomic mass is 10.3. The number of halogens is 2. The first-order valence-corrected chi connectivity index (χ1v) is 5.50. The minimum atomic E-state index is -0.965. The number of hydrogen-bond acceptors (Lipinski definition) is 3. The van der Waals surface area contributed by atoms with Crippen molar-refractivity contribution in [2.75, 3.05) is 6.61 Å². The smallest absolute Gasteiger partial charge is 0.326 e. The van der Waals surface area contributed by atoms with Gasteiger partial charge in [0.1, 0.15) is 12.4 Å². The zero-order valence-corrected chi connectivity index (χ0v) is 10.0. The highest BCUT2D eigenvalue weighted by atomic mass is 19.2. The molecule has 0 saturated heterocycles. The second kappa shape index (κ2) is 4.72. The first-order chi connectivity index (χ1) is 8.52. The van der Waals surface area contributed by atoms with Crippen molar-refractivity contribution in [2.45, 2.75) is 20.4 Å². The fourth-order valence-corrected chi connectivity index (χ4v) is 1.78. The van der Waals surface area contributed by atoms with Gasteiger partial charge in [-0.05, 0) is 13.8 Å². The van der Waals surface area contributed by atoms with E-state index in [1.807, 2.05) is 0 Å². The van der Waals surface area contributed by atoms with Crippen LogP contribution < -0.4 is 0 Å². The van der Waals surface area contributed by atoms with E-state index in [0.717, 1.165) is 12.1 Å². The number of carbonyl (C=O) groups is 1. The average molecular weight is 254 g/mol. The molecule has 0 bridgehead atoms. The SMILES string of the molecule is CCOC(=O)Cn1c(C)nc2cc(F)c(F)cc21. The van der Waals surface area contributed by atoms with Gasteiger partial charge in [-0.25, -0.2) is 13.8 Å². The Balaban J connectivity index is 2.46. The first kappa shape index (κ1) is 12.5. The van der Waals surface area contributed by atoms with Gasteiger partial charge >= 0.3 is 5.97 Å². The van der Waals surface area contributed by atoms with Crippen molar-refractivity contribution in [3.8, 4) is 0 Å². The van der Waals surface area contributed by atoms with E-state index >= 15 is 0 Å². The van der Waals surface area contributed by atoms with Crippen molar-refractivity contribution in [1.29, 1.82) is 0 Å². The van der Waals surface area contributed by atoms with Crippen LogP contribution in [0, 0.1) is 18.6 Å². The van der Waals surface area contributed by atoms with Crippen molar-refractivity contribution in [3.05, 3.63) is 29.6 Å². The van der Waals surface area contributed by atoms with Gasteiger partial charge in [-0.1, -0.05) is 0 Å². The van der Waals surface area contributed by atoms with Crippen LogP contribution in [-0.2, 0) is 16.1 Å². The second-order valence-electron chi connectivity index (χ2n) is 3.81. The Morgan fingerprint density at radius 1 is 1.39 bits per heavy atom. The molecule has 0 fully saturated rings. The van der Waals surface area contributed by atoms with Crippen molar-refractivity contribution in [2.24, 2.45) is 0 Å². The van der Waals surface area contributed by atoms with Crippen molar-refractivity contribution >= 4 is 17.0 Å². The Kier molecular flexibility index (Phi) is 3.27. The molecular weight excluding hydrogens is 242 g/mol. The molecule has 0 radical (unpaired) electrons. The van der Waals surface area contributed by atoms with Crippen molar-refractivity contribution in [3.63, 3.8) is 0 Å². The zero-order chi connectivity index (χ0) is 13.3. The minimum absolute atomic E-state index is 0.0682. The van der Waals surface area contributed by atoms with E-state index in [9.17, 15) is 13.6 Å². The van der Waals surface area contributed by atoms with Crippen LogP contribution in [0.5, 0.6) is 0 Å². The van der Waals surface area contributed by atoms with E-state index in [4.69, 9.17) is 4.74 Å². The van der Waals surface area contributed by atoms with Gasteiger partial charge in [0.25, 0.3) is 0 Å². The van der Waals surface area contributed by atoms with Crippen LogP contribution >= 0.6 is 0 Å². The molecule has 18 heavy (non-hydrogen) atoms. The van der Waals surface area contributed by atoms with Crippen LogP contribution in [0.3, 0.4) is 0 Å². The summed E-state index contributed by atoms with van der Waals surface area (Å²) in [6, 6.07) is 2.04. The third-order valence-electron chi connectivity index (χ3n) is 2.57. The summed E-state index contributed by atoms with van der Waals surface area (Å²) < 4.78 is 32.6. The Morgan fingerprint density at radius 3 is 2.72 bits per heavy atom. The van der Waals surface area contributed by atoms with E-state index in [0.29, 0.717) is 16.9 Å². The Labute approximate surface area is 102 Å². The third-order valence-corrected chi connectivity index (χ3v) is 2.57. The molecule has 0 saturated carbocycles. The van der Waals surface area contributed by atoms with Crippen LogP contribution in [0.4, 0.5) is 8.78 Å². The van der Waals surface area contributed by atoms with Crippen LogP contribution in [-0.4, -0.2) is 22.1 Å². The van der Waals surface area contributed by atoms with Gasteiger partial charge in [0.2, 0.25) is 0 Å². The molecule has 1 aromatic heterocycles. The minimum Gasteiger partial charge on any atom is -0.465 e. The maximum Gasteiger partial charge on any atom is 0.326 e. The number of fused-ring (bicyclic) bond motifs is 1. The molecule has 0 aliphatic heterocycles. The largest absolute Gasteiger partial charge is 0.465 e. The fourth-order valence-electron chi connectivity index (χ4n) is 1.78. The number of aryl methyl sites for hydroxylation is 1. The third kappa shape index (κ3) is 2.18. The molecule has 0 unspecified atom stereocenters. The standard InChI is InChI=1S/C12H12F2N2O2/c1-3-18-12(17)6-16-7(2)15-10-4-8(13)9(14)5-11(10)16/h4-5H,3,6H2,1-2H3. The number of hydrogen-bond donors (Lipinski definition) is 0. The molecule has 0 amide bonds. The maximum atomic E-state index is 13.2. The number of rotatable bonds is 3. The van der Waals surface area contributed by atoms with Crippen LogP contribution in [0.1, 0.15) is 12.7 Å². The van der Waals surface area contributed by atoms with Crippen LogP contribution in [0.25, 0.3) is 11.0 Å². The Bertz CT molecular complexity index is 608. The summed E-state index contributed by atoms with van der Waals surface area (Å²) in [6.45, 7) is 3.57. The summed E-state index contributed by atoms with van der Waals surface area (Å²) in [7, 11) is 0. The Morgan fingerprint density at radius 2 is 2.06 bits per heavy atom. The number of carbonyl (C=O) groups excluding carboxylic acids is 1. The van der Waals surface area contributed by atoms with Crippen LogP contribution in [0.15, 0.2) is 12.1 Å². The van der Waals surface area contributed by atoms with Crippen molar-refractivity contribution < 1.29 is 18.3 Å². The predicted molar refractivity (Wildman–Crippen MR) is 61.0 cm³/mol. The molecule has 6 heteroatoms. The van der Waals surface area contributed by atoms with E-state index in [2.05, 4.69) is 4.98 Å². The molecule has 1 aromatic carbocycles. The summed E-state index contributed by atoms with van der Waals surface area (Å²) in [5, 5.41) is 0. The van der Waals surface area contributed by atoms with Gasteiger partial charge in [0.05, 0.1) is 17.6 Å². The molecule has 0 aliphatic rings. The number of aromatic nitrogens is 2. The van der Waals surface area contributed by atoms with Gasteiger partial charge in [0, 0.05) is 12.1 Å². The molecule has 96 valence electrons. The second-order valence-corrected chi connectivity index (χ2v) is 3.81. The lowest BCUT2D eigenvalue weighted by Crippen LogP contribution is -2.14. The lowest BCUT2D eigenvalue weighted by molar-refractivity contribution is -0.143. The molecule has 1 heterocycles. The summed E-state index contributed by atoms with van der Waals surface area (Å²) in [5.74, 6) is -1.86. The number of ether oxygens (including phenoxy) is 1. The van der Waals surface area contributed by atoms with E-state index < -0.39 is 17.6 Å². The molecule has 0 aliphatic carbocycles. The molecule has 0 N–H and O–H groups in total. The van der Waals surface area contributed by atoms with Gasteiger partial charge in [0.15, 0.2) is 11.6 Å². The van der Waals surface area contributed by atoms with Crippen LogP contribution in [0.2, 0.25) is 0 Å². The van der Waals surface area contributed by atoms with E-state index in [-0.39, 0.29) is 13.2 Å². The monoisotopic (exact) mass is 254 g/mol. The molecule has 2 aromatic rings. The number of nitrogens with zero attached hydrogens (tertiary/aromatic N) is 2. The topological polar surface area (TPSA) is 44.1 Å². The van der Waals surface area contributed by atoms with Crippen molar-refractivity contribution in [1.82, 2.24) is 9.55 Å². The first-order valence-electron chi connectivity index (χ1n) is 5.50. The number of imidazole rings is 1. The van der Waals surface area contributed by atoms with Gasteiger partial charge in [-0.3, -0.25) is 4.79 Å². The highest BCUT2D eigenvalue weighted by Gasteiger charge is 2.14. The summed E-state index contributed by atoms with van der Waals surface area (Å²) >= 11 is 0. The summed E-state index contributed by atoms with van der Waals surface area (Å²) in [4.78, 5) is 15.5. The average Bonchev–Trinajstić information content (AvgIpc) is 2.57. The molecular formula is C12H12F2N2O2. The number of benzene rings is 1. The van der Waals surface area contributed by atoms with E-state index in [1.165, 1.54) is 4.57 Å². The summed E-state index contributed by atoms with van der Waals surface area (Å²) in [6.07, 6.45) is 0. The van der Waals surface area contributed by atoms with Gasteiger partial charge in [-0.15, -0.1) is 0 Å².